The normalized spacial score (nSPS) is 11.7. The van der Waals surface area contributed by atoms with Gasteiger partial charge in [-0.15, -0.1) is 0 Å². The summed E-state index contributed by atoms with van der Waals surface area (Å²) in [6.07, 6.45) is 0. The SMILES string of the molecule is CC(Nc1nc(Nc2cccc([N+](=O)[O-])c2)nc2ccccc12)C(=O)O. The van der Waals surface area contributed by atoms with Crippen molar-refractivity contribution in [2.45, 2.75) is 13.0 Å². The second-order valence-corrected chi connectivity index (χ2v) is 5.55. The Morgan fingerprint density at radius 2 is 1.96 bits per heavy atom. The molecular formula is C17H15N5O4. The van der Waals surface area contributed by atoms with Crippen molar-refractivity contribution in [2.75, 3.05) is 10.6 Å². The van der Waals surface area contributed by atoms with Crippen LogP contribution in [0.2, 0.25) is 0 Å². The Balaban J connectivity index is 2.00. The van der Waals surface area contributed by atoms with E-state index in [0.29, 0.717) is 22.4 Å². The molecule has 0 aliphatic rings. The van der Waals surface area contributed by atoms with E-state index in [-0.39, 0.29) is 11.6 Å². The van der Waals surface area contributed by atoms with Crippen LogP contribution in [0.25, 0.3) is 10.9 Å². The zero-order chi connectivity index (χ0) is 18.7. The van der Waals surface area contributed by atoms with Gasteiger partial charge in [0.05, 0.1) is 10.4 Å². The molecule has 2 aromatic carbocycles. The summed E-state index contributed by atoms with van der Waals surface area (Å²) in [6, 6.07) is 12.3. The van der Waals surface area contributed by atoms with Crippen LogP contribution in [0.5, 0.6) is 0 Å². The van der Waals surface area contributed by atoms with E-state index < -0.39 is 16.9 Å². The largest absolute Gasteiger partial charge is 0.480 e. The van der Waals surface area contributed by atoms with Crippen LogP contribution in [-0.2, 0) is 4.79 Å². The van der Waals surface area contributed by atoms with Gasteiger partial charge in [0.1, 0.15) is 11.9 Å². The molecule has 132 valence electrons. The predicted octanol–water partition coefficient (Wildman–Crippen LogP) is 3.17. The zero-order valence-corrected chi connectivity index (χ0v) is 13.7. The van der Waals surface area contributed by atoms with Crippen LogP contribution < -0.4 is 10.6 Å². The van der Waals surface area contributed by atoms with Crippen LogP contribution in [-0.4, -0.2) is 32.0 Å². The van der Waals surface area contributed by atoms with Gasteiger partial charge in [-0.3, -0.25) is 14.9 Å². The number of aliphatic carboxylic acids is 1. The molecule has 1 unspecified atom stereocenters. The van der Waals surface area contributed by atoms with Gasteiger partial charge < -0.3 is 15.7 Å². The van der Waals surface area contributed by atoms with Crippen LogP contribution >= 0.6 is 0 Å². The molecule has 0 bridgehead atoms. The minimum absolute atomic E-state index is 0.0614. The summed E-state index contributed by atoms with van der Waals surface area (Å²) < 4.78 is 0. The average molecular weight is 353 g/mol. The molecule has 0 amide bonds. The second-order valence-electron chi connectivity index (χ2n) is 5.55. The lowest BCUT2D eigenvalue weighted by atomic mass is 10.2. The quantitative estimate of drug-likeness (QED) is 0.455. The van der Waals surface area contributed by atoms with Gasteiger partial charge in [-0.05, 0) is 25.1 Å². The number of hydrogen-bond donors (Lipinski definition) is 3. The van der Waals surface area contributed by atoms with Crippen LogP contribution in [0.4, 0.5) is 23.1 Å². The number of nitrogens with one attached hydrogen (secondary N) is 2. The van der Waals surface area contributed by atoms with E-state index in [1.54, 1.807) is 36.4 Å². The first kappa shape index (κ1) is 17.1. The van der Waals surface area contributed by atoms with Gasteiger partial charge in [-0.2, -0.15) is 4.98 Å². The summed E-state index contributed by atoms with van der Waals surface area (Å²) in [5.74, 6) is -0.455. The number of hydrogen-bond acceptors (Lipinski definition) is 7. The van der Waals surface area contributed by atoms with Crippen LogP contribution in [0, 0.1) is 10.1 Å². The standard InChI is InChI=1S/C17H15N5O4/c1-10(16(23)24)18-15-13-7-2-3-8-14(13)20-17(21-15)19-11-5-4-6-12(9-11)22(25)26/h2-10H,1H3,(H,23,24)(H2,18,19,20,21). The van der Waals surface area contributed by atoms with E-state index in [4.69, 9.17) is 5.11 Å². The first-order chi connectivity index (χ1) is 12.4. The summed E-state index contributed by atoms with van der Waals surface area (Å²) >= 11 is 0. The Morgan fingerprint density at radius 1 is 1.19 bits per heavy atom. The van der Waals surface area contributed by atoms with Crippen molar-refractivity contribution in [1.29, 1.82) is 0 Å². The number of non-ortho nitro benzene ring substituents is 1. The molecule has 0 radical (unpaired) electrons. The van der Waals surface area contributed by atoms with E-state index in [1.165, 1.54) is 19.1 Å². The van der Waals surface area contributed by atoms with Crippen LogP contribution in [0.15, 0.2) is 48.5 Å². The lowest BCUT2D eigenvalue weighted by molar-refractivity contribution is -0.384. The molecule has 0 saturated heterocycles. The Hall–Kier alpha value is -3.75. The lowest BCUT2D eigenvalue weighted by Gasteiger charge is -2.14. The molecule has 1 aromatic heterocycles. The number of benzene rings is 2. The number of anilines is 3. The number of aromatic nitrogens is 2. The van der Waals surface area contributed by atoms with Gasteiger partial charge in [0, 0.05) is 23.2 Å². The number of carbonyl (C=O) groups is 1. The topological polar surface area (TPSA) is 130 Å². The highest BCUT2D eigenvalue weighted by atomic mass is 16.6. The van der Waals surface area contributed by atoms with E-state index in [0.717, 1.165) is 0 Å². The number of rotatable bonds is 6. The van der Waals surface area contributed by atoms with Crippen molar-refractivity contribution in [3.63, 3.8) is 0 Å². The number of nitro benzene ring substituents is 1. The molecule has 0 fully saturated rings. The van der Waals surface area contributed by atoms with E-state index >= 15 is 0 Å². The van der Waals surface area contributed by atoms with Gasteiger partial charge in [0.15, 0.2) is 0 Å². The number of carboxylic acid groups (broad SMARTS) is 1. The molecule has 9 heteroatoms. The molecule has 0 aliphatic heterocycles. The van der Waals surface area contributed by atoms with Crippen molar-refractivity contribution >= 4 is 40.0 Å². The highest BCUT2D eigenvalue weighted by Gasteiger charge is 2.15. The highest BCUT2D eigenvalue weighted by Crippen LogP contribution is 2.25. The third-order valence-corrected chi connectivity index (χ3v) is 3.64. The van der Waals surface area contributed by atoms with Gasteiger partial charge >= 0.3 is 5.97 Å². The molecule has 3 N–H and O–H groups in total. The van der Waals surface area contributed by atoms with Gasteiger partial charge in [0.25, 0.3) is 5.69 Å². The number of nitrogens with zero attached hydrogens (tertiary/aromatic N) is 3. The lowest BCUT2D eigenvalue weighted by Crippen LogP contribution is -2.26. The molecule has 3 rings (SSSR count). The van der Waals surface area contributed by atoms with Crippen molar-refractivity contribution in [2.24, 2.45) is 0 Å². The monoisotopic (exact) mass is 353 g/mol. The maximum Gasteiger partial charge on any atom is 0.325 e. The number of fused-ring (bicyclic) bond motifs is 1. The maximum atomic E-state index is 11.1. The maximum absolute atomic E-state index is 11.1. The van der Waals surface area contributed by atoms with Crippen molar-refractivity contribution in [3.05, 3.63) is 58.6 Å². The van der Waals surface area contributed by atoms with Crippen LogP contribution in [0.1, 0.15) is 6.92 Å². The summed E-state index contributed by atoms with van der Waals surface area (Å²) in [4.78, 5) is 30.2. The fourth-order valence-electron chi connectivity index (χ4n) is 2.34. The molecule has 9 nitrogen and oxygen atoms in total. The van der Waals surface area contributed by atoms with E-state index in [2.05, 4.69) is 20.6 Å². The summed E-state index contributed by atoms with van der Waals surface area (Å²) in [5.41, 5.74) is 0.996. The number of para-hydroxylation sites is 1. The third-order valence-electron chi connectivity index (χ3n) is 3.64. The van der Waals surface area contributed by atoms with Crippen LogP contribution in [0.3, 0.4) is 0 Å². The van der Waals surface area contributed by atoms with Gasteiger partial charge in [-0.25, -0.2) is 4.98 Å². The first-order valence-corrected chi connectivity index (χ1v) is 7.71. The smallest absolute Gasteiger partial charge is 0.325 e. The fourth-order valence-corrected chi connectivity index (χ4v) is 2.34. The minimum Gasteiger partial charge on any atom is -0.480 e. The van der Waals surface area contributed by atoms with E-state index in [1.807, 2.05) is 0 Å². The van der Waals surface area contributed by atoms with E-state index in [9.17, 15) is 14.9 Å². The van der Waals surface area contributed by atoms with Gasteiger partial charge in [0.2, 0.25) is 5.95 Å². The summed E-state index contributed by atoms with van der Waals surface area (Å²) in [5, 5.41) is 26.5. The van der Waals surface area contributed by atoms with Gasteiger partial charge in [-0.1, -0.05) is 18.2 Å². The second kappa shape index (κ2) is 7.01. The van der Waals surface area contributed by atoms with Crippen molar-refractivity contribution in [1.82, 2.24) is 9.97 Å². The number of carboxylic acids is 1. The van der Waals surface area contributed by atoms with Crippen molar-refractivity contribution < 1.29 is 14.8 Å². The third kappa shape index (κ3) is 3.66. The fraction of sp³-hybridized carbons (Fsp3) is 0.118. The minimum atomic E-state index is -1.01. The molecular weight excluding hydrogens is 338 g/mol. The molecule has 0 aliphatic carbocycles. The summed E-state index contributed by atoms with van der Waals surface area (Å²) in [7, 11) is 0. The molecule has 3 aromatic rings. The predicted molar refractivity (Wildman–Crippen MR) is 96.6 cm³/mol. The Labute approximate surface area is 147 Å². The first-order valence-electron chi connectivity index (χ1n) is 7.71. The highest BCUT2D eigenvalue weighted by molar-refractivity contribution is 5.92. The molecule has 1 atom stereocenters. The molecule has 1 heterocycles. The molecule has 0 saturated carbocycles. The zero-order valence-electron chi connectivity index (χ0n) is 13.7. The number of nitro groups is 1. The average Bonchev–Trinajstić information content (AvgIpc) is 2.61. The Morgan fingerprint density at radius 3 is 2.69 bits per heavy atom. The Kier molecular flexibility index (Phi) is 4.61. The molecule has 0 spiro atoms. The summed E-state index contributed by atoms with van der Waals surface area (Å²) in [6.45, 7) is 1.51. The molecule has 26 heavy (non-hydrogen) atoms. The Bertz CT molecular complexity index is 992. The van der Waals surface area contributed by atoms with Crippen molar-refractivity contribution in [3.8, 4) is 0 Å².